The number of quaternary nitrogens is 1. The quantitative estimate of drug-likeness (QED) is 0.419. The molecule has 2 atom stereocenters. The van der Waals surface area contributed by atoms with Gasteiger partial charge in [-0.25, -0.2) is 4.98 Å². The molecule has 5 aliphatic rings. The zero-order valence-corrected chi connectivity index (χ0v) is 23.1. The van der Waals surface area contributed by atoms with Gasteiger partial charge >= 0.3 is 0 Å². The summed E-state index contributed by atoms with van der Waals surface area (Å²) in [6.45, 7) is 3.16. The molecule has 210 valence electrons. The van der Waals surface area contributed by atoms with E-state index in [0.717, 1.165) is 62.4 Å². The number of aromatic nitrogens is 1. The molecule has 0 radical (unpaired) electrons. The van der Waals surface area contributed by atoms with E-state index in [-0.39, 0.29) is 22.3 Å². The largest absolute Gasteiger partial charge is 0.351 e. The molecule has 4 aliphatic heterocycles. The normalized spacial score (nSPS) is 25.4. The predicted molar refractivity (Wildman–Crippen MR) is 156 cm³/mol. The number of benzene rings is 1. The van der Waals surface area contributed by atoms with E-state index in [4.69, 9.17) is 10.8 Å². The minimum atomic E-state index is -0.214. The molecule has 10 nitrogen and oxygen atoms in total. The molecule has 2 amide bonds. The van der Waals surface area contributed by atoms with Gasteiger partial charge in [0, 0.05) is 37.9 Å². The molecule has 5 heterocycles. The van der Waals surface area contributed by atoms with Crippen molar-refractivity contribution in [3.05, 3.63) is 83.2 Å². The van der Waals surface area contributed by atoms with E-state index < -0.39 is 0 Å². The molecule has 2 unspecified atom stereocenters. The topological polar surface area (TPSA) is 116 Å². The van der Waals surface area contributed by atoms with Crippen molar-refractivity contribution in [1.82, 2.24) is 14.8 Å². The van der Waals surface area contributed by atoms with E-state index in [2.05, 4.69) is 20.2 Å². The van der Waals surface area contributed by atoms with E-state index in [0.29, 0.717) is 29.7 Å². The van der Waals surface area contributed by atoms with Crippen LogP contribution < -0.4 is 11.2 Å². The number of nitrogens with two attached hydrogens (primary N) is 1. The van der Waals surface area contributed by atoms with E-state index in [1.54, 1.807) is 30.7 Å². The van der Waals surface area contributed by atoms with Crippen molar-refractivity contribution in [2.45, 2.75) is 44.4 Å². The molecule has 41 heavy (non-hydrogen) atoms. The van der Waals surface area contributed by atoms with Crippen molar-refractivity contribution in [1.29, 1.82) is 0 Å². The van der Waals surface area contributed by atoms with Crippen molar-refractivity contribution in [2.75, 3.05) is 31.5 Å². The van der Waals surface area contributed by atoms with Crippen molar-refractivity contribution in [2.24, 2.45) is 21.7 Å². The molecular weight excluding hydrogens is 516 g/mol. The van der Waals surface area contributed by atoms with Gasteiger partial charge in [-0.2, -0.15) is 10.8 Å². The fourth-order valence-corrected chi connectivity index (χ4v) is 6.30. The molecule has 3 fully saturated rings. The van der Waals surface area contributed by atoms with Crippen LogP contribution in [0.25, 0.3) is 0 Å². The summed E-state index contributed by atoms with van der Waals surface area (Å²) >= 11 is 0. The second-order valence-electron chi connectivity index (χ2n) is 11.6. The van der Waals surface area contributed by atoms with E-state index in [9.17, 15) is 9.59 Å². The number of carbonyl (C=O) groups excluding carboxylic acids is 2. The molecule has 7 rings (SSSR count). The van der Waals surface area contributed by atoms with Gasteiger partial charge in [-0.1, -0.05) is 0 Å². The van der Waals surface area contributed by atoms with Gasteiger partial charge in [0.1, 0.15) is 12.0 Å². The lowest BCUT2D eigenvalue weighted by atomic mass is 9.96. The summed E-state index contributed by atoms with van der Waals surface area (Å²) < 4.78 is -0.108. The maximum Gasteiger partial charge on any atom is 0.266 e. The first-order valence-corrected chi connectivity index (χ1v) is 14.6. The average molecular weight is 552 g/mol. The Hall–Kier alpha value is -4.15. The lowest BCUT2D eigenvalue weighted by Crippen LogP contribution is -2.53. The lowest BCUT2D eigenvalue weighted by molar-refractivity contribution is -0.750. The minimum absolute atomic E-state index is 0.0396. The highest BCUT2D eigenvalue weighted by Crippen LogP contribution is 2.40. The second kappa shape index (κ2) is 10.4. The number of likely N-dealkylation sites (tertiary alicyclic amines) is 2. The third kappa shape index (κ3) is 4.87. The summed E-state index contributed by atoms with van der Waals surface area (Å²) in [7, 11) is 0. The molecule has 1 aliphatic carbocycles. The van der Waals surface area contributed by atoms with Gasteiger partial charge in [0.05, 0.1) is 23.9 Å². The van der Waals surface area contributed by atoms with Crippen LogP contribution in [0.5, 0.6) is 0 Å². The number of aliphatic imine (C=N–C) groups is 2. The van der Waals surface area contributed by atoms with E-state index in [1.807, 2.05) is 35.4 Å². The molecule has 1 saturated carbocycles. The Bertz CT molecular complexity index is 1500. The Morgan fingerprint density at radius 2 is 1.80 bits per heavy atom. The summed E-state index contributed by atoms with van der Waals surface area (Å²) in [5.41, 5.74) is 3.34. The fraction of sp³-hybridized carbons (Fsp3) is 0.387. The number of hydrogen-bond donors (Lipinski definition) is 2. The standard InChI is InChI=1S/C31H34N8O2/c32-39-17-13-33-19-26(39)28(38-16-3-4-25(20-38)31(41)37-14-1-2-15-37)36-29(39)22-7-9-23(10-8-22)30(40)35-27-18-24(11-12-34-27)21-5-6-21/h7-13,17-19,21,25H,1-6,14-16,20,32H2/p+1. The highest BCUT2D eigenvalue weighted by molar-refractivity contribution is 6.05. The number of allylic oxidation sites excluding steroid dienone is 1. The van der Waals surface area contributed by atoms with Gasteiger partial charge in [0.15, 0.2) is 0 Å². The SMILES string of the molecule is N[N+]12C=CN=CC1=C(N1CCCC(C(=O)N3CCCC3)C1)N=C2c1ccc(C(=O)Nc2cc(C3CC3)ccn2)cc1. The highest BCUT2D eigenvalue weighted by Gasteiger charge is 2.46. The number of nitrogens with zero attached hydrogens (tertiary/aromatic N) is 6. The number of piperidine rings is 1. The zero-order chi connectivity index (χ0) is 28.0. The predicted octanol–water partition coefficient (Wildman–Crippen LogP) is 3.72. The lowest BCUT2D eigenvalue weighted by Gasteiger charge is -2.34. The number of rotatable bonds is 6. The summed E-state index contributed by atoms with van der Waals surface area (Å²) in [4.78, 5) is 44.1. The van der Waals surface area contributed by atoms with Crippen LogP contribution in [0.15, 0.2) is 76.5 Å². The maximum absolute atomic E-state index is 13.2. The monoisotopic (exact) mass is 551 g/mol. The van der Waals surface area contributed by atoms with Gasteiger partial charge in [-0.3, -0.25) is 14.6 Å². The Morgan fingerprint density at radius 1 is 1.00 bits per heavy atom. The Balaban J connectivity index is 1.11. The molecule has 1 aromatic carbocycles. The third-order valence-electron chi connectivity index (χ3n) is 8.74. The smallest absolute Gasteiger partial charge is 0.266 e. The third-order valence-corrected chi connectivity index (χ3v) is 8.74. The summed E-state index contributed by atoms with van der Waals surface area (Å²) in [6.07, 6.45) is 13.4. The van der Waals surface area contributed by atoms with Gasteiger partial charge in [-0.15, -0.1) is 4.59 Å². The fourth-order valence-electron chi connectivity index (χ4n) is 6.30. The summed E-state index contributed by atoms with van der Waals surface area (Å²) in [5.74, 6) is 9.53. The number of amidine groups is 1. The van der Waals surface area contributed by atoms with Crippen molar-refractivity contribution < 1.29 is 14.2 Å². The van der Waals surface area contributed by atoms with Crippen molar-refractivity contribution >= 4 is 29.7 Å². The number of hydrogen-bond acceptors (Lipinski definition) is 7. The number of anilines is 1. The molecule has 0 bridgehead atoms. The Labute approximate surface area is 239 Å². The highest BCUT2D eigenvalue weighted by atomic mass is 16.2. The molecule has 1 aromatic heterocycles. The van der Waals surface area contributed by atoms with Crippen LogP contribution >= 0.6 is 0 Å². The minimum Gasteiger partial charge on any atom is -0.351 e. The molecule has 0 spiro atoms. The van der Waals surface area contributed by atoms with Crippen LogP contribution in [0.4, 0.5) is 5.82 Å². The van der Waals surface area contributed by atoms with Crippen LogP contribution in [0, 0.1) is 5.92 Å². The van der Waals surface area contributed by atoms with E-state index >= 15 is 0 Å². The summed E-state index contributed by atoms with van der Waals surface area (Å²) in [6, 6.07) is 11.3. The van der Waals surface area contributed by atoms with Gasteiger partial charge < -0.3 is 15.1 Å². The molecular formula is C31H35N8O2+. The number of pyridine rings is 1. The van der Waals surface area contributed by atoms with Crippen LogP contribution in [0.1, 0.15) is 65.9 Å². The van der Waals surface area contributed by atoms with Gasteiger partial charge in [-0.05, 0) is 86.4 Å². The summed E-state index contributed by atoms with van der Waals surface area (Å²) in [5, 5.41) is 2.92. The first-order valence-electron chi connectivity index (χ1n) is 14.6. The number of fused-ring (bicyclic) bond motifs is 1. The maximum atomic E-state index is 13.2. The van der Waals surface area contributed by atoms with Crippen LogP contribution in [-0.4, -0.2) is 69.4 Å². The van der Waals surface area contributed by atoms with E-state index in [1.165, 1.54) is 18.4 Å². The first-order chi connectivity index (χ1) is 20.0. The Morgan fingerprint density at radius 3 is 2.59 bits per heavy atom. The van der Waals surface area contributed by atoms with Crippen LogP contribution in [0.2, 0.25) is 0 Å². The Kier molecular flexibility index (Phi) is 6.51. The van der Waals surface area contributed by atoms with Crippen molar-refractivity contribution in [3.63, 3.8) is 0 Å². The second-order valence-corrected chi connectivity index (χ2v) is 11.6. The van der Waals surface area contributed by atoms with Crippen LogP contribution in [-0.2, 0) is 4.79 Å². The number of carbonyl (C=O) groups is 2. The van der Waals surface area contributed by atoms with Crippen molar-refractivity contribution in [3.8, 4) is 0 Å². The zero-order valence-electron chi connectivity index (χ0n) is 23.1. The molecule has 3 N–H and O–H groups in total. The molecule has 2 saturated heterocycles. The number of nitrogens with one attached hydrogen (secondary N) is 1. The first kappa shape index (κ1) is 25.8. The average Bonchev–Trinajstić information content (AvgIpc) is 3.61. The number of amides is 2. The molecule has 2 aromatic rings. The molecule has 10 heteroatoms. The van der Waals surface area contributed by atoms with Gasteiger partial charge in [0.2, 0.25) is 17.4 Å². The van der Waals surface area contributed by atoms with Crippen LogP contribution in [0.3, 0.4) is 0 Å². The van der Waals surface area contributed by atoms with Gasteiger partial charge in [0.25, 0.3) is 11.7 Å².